The van der Waals surface area contributed by atoms with Crippen molar-refractivity contribution in [1.29, 1.82) is 0 Å². The van der Waals surface area contributed by atoms with E-state index in [1.54, 1.807) is 36.8 Å². The van der Waals surface area contributed by atoms with E-state index in [0.29, 0.717) is 9.90 Å². The minimum atomic E-state index is -3.49. The lowest BCUT2D eigenvalue weighted by molar-refractivity contribution is 0.0893. The molecule has 23 heavy (non-hydrogen) atoms. The number of ether oxygens (including phenoxy) is 1. The van der Waals surface area contributed by atoms with Crippen molar-refractivity contribution in [1.82, 2.24) is 0 Å². The molecule has 2 aromatic rings. The Balaban J connectivity index is 1.70. The number of nitrogens with zero attached hydrogens (tertiary/aromatic N) is 1. The highest BCUT2D eigenvalue weighted by molar-refractivity contribution is 7.94. The van der Waals surface area contributed by atoms with Gasteiger partial charge in [0, 0.05) is 31.6 Å². The standard InChI is InChI=1S/C16H20N2O3S2/c1-21-15-4-2-10-18(12-15)14-8-6-13(7-9-14)17-23(19,20)16-5-3-11-22-16/h3,5-9,11,15,17H,2,4,10,12H2,1H3. The van der Waals surface area contributed by atoms with Crippen LogP contribution in [0, 0.1) is 0 Å². The van der Waals surface area contributed by atoms with E-state index >= 15 is 0 Å². The topological polar surface area (TPSA) is 58.6 Å². The molecular weight excluding hydrogens is 332 g/mol. The molecule has 0 amide bonds. The Morgan fingerprint density at radius 1 is 1.26 bits per heavy atom. The van der Waals surface area contributed by atoms with E-state index in [2.05, 4.69) is 9.62 Å². The van der Waals surface area contributed by atoms with Crippen molar-refractivity contribution < 1.29 is 13.2 Å². The second kappa shape index (κ2) is 6.90. The highest BCUT2D eigenvalue weighted by Gasteiger charge is 2.20. The molecule has 1 unspecified atom stereocenters. The third-order valence-corrected chi connectivity index (χ3v) is 6.73. The predicted octanol–water partition coefficient (Wildman–Crippen LogP) is 3.16. The van der Waals surface area contributed by atoms with E-state index in [0.717, 1.165) is 31.6 Å². The molecular formula is C16H20N2O3S2. The number of rotatable bonds is 5. The fraction of sp³-hybridized carbons (Fsp3) is 0.375. The van der Waals surface area contributed by atoms with Gasteiger partial charge in [-0.05, 0) is 48.6 Å². The van der Waals surface area contributed by atoms with Crippen LogP contribution in [0.2, 0.25) is 0 Å². The van der Waals surface area contributed by atoms with Gasteiger partial charge in [0.2, 0.25) is 0 Å². The van der Waals surface area contributed by atoms with Crippen molar-refractivity contribution in [3.05, 3.63) is 41.8 Å². The van der Waals surface area contributed by atoms with Crippen molar-refractivity contribution in [2.24, 2.45) is 0 Å². The molecule has 3 rings (SSSR count). The summed E-state index contributed by atoms with van der Waals surface area (Å²) in [6.45, 7) is 1.87. The van der Waals surface area contributed by atoms with E-state index in [9.17, 15) is 8.42 Å². The van der Waals surface area contributed by atoms with Gasteiger partial charge in [0.25, 0.3) is 10.0 Å². The van der Waals surface area contributed by atoms with Gasteiger partial charge in [-0.1, -0.05) is 6.07 Å². The molecule has 1 fully saturated rings. The van der Waals surface area contributed by atoms with Crippen LogP contribution in [0.4, 0.5) is 11.4 Å². The van der Waals surface area contributed by atoms with Crippen LogP contribution in [0.25, 0.3) is 0 Å². The number of hydrogen-bond acceptors (Lipinski definition) is 5. The van der Waals surface area contributed by atoms with Crippen LogP contribution in [-0.2, 0) is 14.8 Å². The maximum atomic E-state index is 12.2. The van der Waals surface area contributed by atoms with E-state index in [1.165, 1.54) is 11.3 Å². The first-order valence-corrected chi connectivity index (χ1v) is 9.89. The Bertz CT molecular complexity index is 727. The molecule has 1 saturated heterocycles. The second-order valence-corrected chi connectivity index (χ2v) is 8.39. The SMILES string of the molecule is COC1CCCN(c2ccc(NS(=O)(=O)c3cccs3)cc2)C1. The summed E-state index contributed by atoms with van der Waals surface area (Å²) >= 11 is 1.21. The summed E-state index contributed by atoms with van der Waals surface area (Å²) in [5.41, 5.74) is 1.66. The van der Waals surface area contributed by atoms with Gasteiger partial charge in [-0.2, -0.15) is 0 Å². The Labute approximate surface area is 140 Å². The third kappa shape index (κ3) is 3.85. The van der Waals surface area contributed by atoms with E-state index in [-0.39, 0.29) is 6.10 Å². The van der Waals surface area contributed by atoms with Gasteiger partial charge in [0.05, 0.1) is 6.10 Å². The normalized spacial score (nSPS) is 18.8. The number of hydrogen-bond donors (Lipinski definition) is 1. The van der Waals surface area contributed by atoms with Crippen LogP contribution >= 0.6 is 11.3 Å². The number of piperidine rings is 1. The molecule has 0 spiro atoms. The highest BCUT2D eigenvalue weighted by Crippen LogP contribution is 2.25. The van der Waals surface area contributed by atoms with Crippen molar-refractivity contribution >= 4 is 32.7 Å². The van der Waals surface area contributed by atoms with Crippen LogP contribution < -0.4 is 9.62 Å². The third-order valence-electron chi connectivity index (χ3n) is 3.96. The summed E-state index contributed by atoms with van der Waals surface area (Å²) in [6.07, 6.45) is 2.46. The number of nitrogens with one attached hydrogen (secondary N) is 1. The van der Waals surface area contributed by atoms with Gasteiger partial charge in [0.1, 0.15) is 4.21 Å². The van der Waals surface area contributed by atoms with Gasteiger partial charge in [0.15, 0.2) is 0 Å². The maximum Gasteiger partial charge on any atom is 0.271 e. The van der Waals surface area contributed by atoms with Crippen molar-refractivity contribution in [3.8, 4) is 0 Å². The Morgan fingerprint density at radius 3 is 2.70 bits per heavy atom. The first kappa shape index (κ1) is 16.3. The molecule has 5 nitrogen and oxygen atoms in total. The van der Waals surface area contributed by atoms with E-state index in [1.807, 2.05) is 12.1 Å². The summed E-state index contributed by atoms with van der Waals surface area (Å²) in [6, 6.07) is 10.8. The number of thiophene rings is 1. The second-order valence-electron chi connectivity index (χ2n) is 5.53. The summed E-state index contributed by atoms with van der Waals surface area (Å²) in [7, 11) is -1.74. The van der Waals surface area contributed by atoms with Crippen LogP contribution in [0.1, 0.15) is 12.8 Å². The lowest BCUT2D eigenvalue weighted by atomic mass is 10.1. The molecule has 1 aliphatic heterocycles. The van der Waals surface area contributed by atoms with Crippen LogP contribution in [0.5, 0.6) is 0 Å². The monoisotopic (exact) mass is 352 g/mol. The summed E-state index contributed by atoms with van der Waals surface area (Å²) in [5.74, 6) is 0. The predicted molar refractivity (Wildman–Crippen MR) is 93.8 cm³/mol. The number of anilines is 2. The average molecular weight is 352 g/mol. The molecule has 7 heteroatoms. The van der Waals surface area contributed by atoms with Gasteiger partial charge in [-0.25, -0.2) is 8.42 Å². The van der Waals surface area contributed by atoms with Gasteiger partial charge in [-0.3, -0.25) is 4.72 Å². The van der Waals surface area contributed by atoms with E-state index in [4.69, 9.17) is 4.74 Å². The van der Waals surface area contributed by atoms with Crippen molar-refractivity contribution in [2.75, 3.05) is 29.8 Å². The van der Waals surface area contributed by atoms with Gasteiger partial charge >= 0.3 is 0 Å². The maximum absolute atomic E-state index is 12.2. The molecule has 1 aromatic carbocycles. The number of benzene rings is 1. The molecule has 0 saturated carbocycles. The molecule has 1 aliphatic rings. The van der Waals surface area contributed by atoms with Crippen LogP contribution in [-0.4, -0.2) is 34.7 Å². The average Bonchev–Trinajstić information content (AvgIpc) is 3.11. The zero-order chi connectivity index (χ0) is 16.3. The molecule has 0 radical (unpaired) electrons. The lowest BCUT2D eigenvalue weighted by Gasteiger charge is -2.33. The molecule has 1 aromatic heterocycles. The van der Waals surface area contributed by atoms with Crippen molar-refractivity contribution in [2.45, 2.75) is 23.2 Å². The fourth-order valence-electron chi connectivity index (χ4n) is 2.73. The first-order valence-electron chi connectivity index (χ1n) is 7.52. The fourth-order valence-corrected chi connectivity index (χ4v) is 4.78. The Kier molecular flexibility index (Phi) is 4.89. The van der Waals surface area contributed by atoms with E-state index < -0.39 is 10.0 Å². The smallest absolute Gasteiger partial charge is 0.271 e. The molecule has 1 N–H and O–H groups in total. The van der Waals surface area contributed by atoms with Crippen molar-refractivity contribution in [3.63, 3.8) is 0 Å². The largest absolute Gasteiger partial charge is 0.380 e. The number of sulfonamides is 1. The Hall–Kier alpha value is -1.57. The van der Waals surface area contributed by atoms with Crippen LogP contribution in [0.3, 0.4) is 0 Å². The minimum absolute atomic E-state index is 0.265. The Morgan fingerprint density at radius 2 is 2.04 bits per heavy atom. The lowest BCUT2D eigenvalue weighted by Crippen LogP contribution is -2.39. The summed E-state index contributed by atoms with van der Waals surface area (Å²) in [5, 5.41) is 1.75. The highest BCUT2D eigenvalue weighted by atomic mass is 32.2. The first-order chi connectivity index (χ1) is 11.1. The van der Waals surface area contributed by atoms with Crippen LogP contribution in [0.15, 0.2) is 46.0 Å². The molecule has 0 aliphatic carbocycles. The quantitative estimate of drug-likeness (QED) is 0.898. The summed E-state index contributed by atoms with van der Waals surface area (Å²) in [4.78, 5) is 2.27. The molecule has 1 atom stereocenters. The van der Waals surface area contributed by atoms with Gasteiger partial charge < -0.3 is 9.64 Å². The molecule has 2 heterocycles. The number of methoxy groups -OCH3 is 1. The minimum Gasteiger partial charge on any atom is -0.380 e. The zero-order valence-electron chi connectivity index (χ0n) is 12.9. The van der Waals surface area contributed by atoms with Gasteiger partial charge in [-0.15, -0.1) is 11.3 Å². The molecule has 124 valence electrons. The summed E-state index contributed by atoms with van der Waals surface area (Å²) < 4.78 is 32.8. The zero-order valence-corrected chi connectivity index (χ0v) is 14.6. The molecule has 0 bridgehead atoms.